The van der Waals surface area contributed by atoms with Crippen LogP contribution in [0.3, 0.4) is 0 Å². The van der Waals surface area contributed by atoms with Crippen LogP contribution < -0.4 is 4.74 Å². The number of nitrogens with zero attached hydrogens (tertiary/aromatic N) is 4. The van der Waals surface area contributed by atoms with E-state index in [1.807, 2.05) is 16.8 Å². The maximum absolute atomic E-state index is 13.4. The summed E-state index contributed by atoms with van der Waals surface area (Å²) >= 11 is 12.1. The summed E-state index contributed by atoms with van der Waals surface area (Å²) in [5, 5.41) is 5.39. The average Bonchev–Trinajstić information content (AvgIpc) is 3.42. The third kappa shape index (κ3) is 4.20. The predicted octanol–water partition coefficient (Wildman–Crippen LogP) is 3.92. The first-order chi connectivity index (χ1) is 15.0. The molecule has 3 heterocycles. The molecule has 1 aromatic carbocycles. The summed E-state index contributed by atoms with van der Waals surface area (Å²) in [6.07, 6.45) is 1.88. The Labute approximate surface area is 198 Å². The van der Waals surface area contributed by atoms with Gasteiger partial charge in [-0.15, -0.1) is 0 Å². The second-order valence-electron chi connectivity index (χ2n) is 9.64. The molecule has 1 unspecified atom stereocenters. The van der Waals surface area contributed by atoms with Gasteiger partial charge in [-0.1, -0.05) is 44.0 Å². The largest absolute Gasteiger partial charge is 0.479 e. The van der Waals surface area contributed by atoms with Gasteiger partial charge in [-0.25, -0.2) is 0 Å². The van der Waals surface area contributed by atoms with Gasteiger partial charge in [0.25, 0.3) is 11.8 Å². The van der Waals surface area contributed by atoms with Crippen molar-refractivity contribution in [3.8, 4) is 5.75 Å². The number of benzene rings is 1. The van der Waals surface area contributed by atoms with Crippen LogP contribution in [0.5, 0.6) is 5.75 Å². The summed E-state index contributed by atoms with van der Waals surface area (Å²) in [5.41, 5.74) is 1.20. The van der Waals surface area contributed by atoms with Crippen molar-refractivity contribution in [2.45, 2.75) is 57.7 Å². The lowest BCUT2D eigenvalue weighted by Gasteiger charge is -2.35. The lowest BCUT2D eigenvalue weighted by Crippen LogP contribution is -2.53. The molecule has 0 saturated carbocycles. The number of hydrogen-bond donors (Lipinski definition) is 0. The number of aromatic nitrogens is 2. The number of likely N-dealkylation sites (tertiary alicyclic amines) is 2. The van der Waals surface area contributed by atoms with Crippen LogP contribution in [-0.4, -0.2) is 62.7 Å². The van der Waals surface area contributed by atoms with Gasteiger partial charge in [-0.2, -0.15) is 5.10 Å². The molecule has 9 heteroatoms. The summed E-state index contributed by atoms with van der Waals surface area (Å²) < 4.78 is 7.50. The Kier molecular flexibility index (Phi) is 5.92. The maximum atomic E-state index is 13.4. The minimum Gasteiger partial charge on any atom is -0.479 e. The molecule has 0 spiro atoms. The number of hydrogen-bond acceptors (Lipinski definition) is 4. The van der Waals surface area contributed by atoms with Gasteiger partial charge in [-0.05, 0) is 31.5 Å². The molecule has 2 amide bonds. The van der Waals surface area contributed by atoms with Crippen molar-refractivity contribution in [2.75, 3.05) is 13.1 Å². The van der Waals surface area contributed by atoms with Crippen molar-refractivity contribution in [3.63, 3.8) is 0 Å². The van der Waals surface area contributed by atoms with Crippen LogP contribution >= 0.6 is 23.2 Å². The molecule has 0 aliphatic carbocycles. The maximum Gasteiger partial charge on any atom is 0.263 e. The third-order valence-electron chi connectivity index (χ3n) is 6.10. The number of amides is 2. The zero-order valence-corrected chi connectivity index (χ0v) is 20.4. The van der Waals surface area contributed by atoms with Gasteiger partial charge in [0, 0.05) is 36.8 Å². The molecule has 7 nitrogen and oxygen atoms in total. The topological polar surface area (TPSA) is 67.7 Å². The van der Waals surface area contributed by atoms with Crippen LogP contribution in [-0.2, 0) is 17.3 Å². The van der Waals surface area contributed by atoms with Crippen LogP contribution in [0.2, 0.25) is 10.0 Å². The smallest absolute Gasteiger partial charge is 0.263 e. The molecule has 0 radical (unpaired) electrons. The molecule has 4 rings (SSSR count). The van der Waals surface area contributed by atoms with Crippen molar-refractivity contribution in [2.24, 2.45) is 7.05 Å². The first-order valence-electron chi connectivity index (χ1n) is 10.7. The number of rotatable bonds is 4. The Morgan fingerprint density at radius 3 is 2.41 bits per heavy atom. The van der Waals surface area contributed by atoms with Gasteiger partial charge in [0.05, 0.1) is 28.4 Å². The fraction of sp³-hybridized carbons (Fsp3) is 0.522. The lowest BCUT2D eigenvalue weighted by molar-refractivity contribution is -0.140. The minimum atomic E-state index is -0.692. The van der Waals surface area contributed by atoms with Gasteiger partial charge in [0.15, 0.2) is 6.10 Å². The van der Waals surface area contributed by atoms with Crippen molar-refractivity contribution < 1.29 is 14.3 Å². The highest BCUT2D eigenvalue weighted by Crippen LogP contribution is 2.35. The van der Waals surface area contributed by atoms with Crippen molar-refractivity contribution in [3.05, 3.63) is 45.7 Å². The van der Waals surface area contributed by atoms with E-state index in [0.717, 1.165) is 12.1 Å². The summed E-state index contributed by atoms with van der Waals surface area (Å²) in [7, 11) is 1.83. The number of piperazine rings is 1. The normalized spacial score (nSPS) is 21.2. The zero-order chi connectivity index (χ0) is 23.4. The van der Waals surface area contributed by atoms with E-state index in [2.05, 4.69) is 25.9 Å². The lowest BCUT2D eigenvalue weighted by atomic mass is 9.89. The number of fused-ring (bicyclic) bond motifs is 2. The fourth-order valence-corrected chi connectivity index (χ4v) is 5.04. The number of aryl methyl sites for hydroxylation is 1. The van der Waals surface area contributed by atoms with Gasteiger partial charge < -0.3 is 14.5 Å². The molecule has 2 aliphatic heterocycles. The quantitative estimate of drug-likeness (QED) is 0.667. The Hall–Kier alpha value is -2.25. The molecule has 2 aromatic rings. The van der Waals surface area contributed by atoms with Gasteiger partial charge >= 0.3 is 0 Å². The number of carbonyl (C=O) groups excluding carboxylic acids is 2. The fourth-order valence-electron chi connectivity index (χ4n) is 4.58. The highest BCUT2D eigenvalue weighted by Gasteiger charge is 2.48. The van der Waals surface area contributed by atoms with Crippen LogP contribution in [0.15, 0.2) is 24.4 Å². The predicted molar refractivity (Wildman–Crippen MR) is 123 cm³/mol. The second kappa shape index (κ2) is 8.27. The molecule has 0 N–H and O–H groups in total. The Morgan fingerprint density at radius 1 is 1.16 bits per heavy atom. The molecule has 2 fully saturated rings. The number of halogens is 2. The molecule has 172 valence electrons. The summed E-state index contributed by atoms with van der Waals surface area (Å²) in [5.74, 6) is 0.302. The summed E-state index contributed by atoms with van der Waals surface area (Å²) in [6.45, 7) is 8.89. The van der Waals surface area contributed by atoms with Crippen molar-refractivity contribution in [1.29, 1.82) is 0 Å². The first-order valence-corrected chi connectivity index (χ1v) is 11.5. The van der Waals surface area contributed by atoms with E-state index < -0.39 is 6.10 Å². The average molecular weight is 479 g/mol. The third-order valence-corrected chi connectivity index (χ3v) is 6.63. The molecule has 1 aromatic heterocycles. The van der Waals surface area contributed by atoms with E-state index in [-0.39, 0.29) is 29.3 Å². The van der Waals surface area contributed by atoms with Crippen LogP contribution in [0, 0.1) is 0 Å². The standard InChI is InChI=1S/C23H28Cl2N4O3/c1-13(32-19-7-6-14(24)8-18(19)25)21(30)28-10-16-9-15(28)11-29(16)22(31)17-12-27(5)26-20(17)23(2,3)4/h6-8,12-13,15-16H,9-11H2,1-5H3/t13?,15-,16-/m0/s1. The van der Waals surface area contributed by atoms with Crippen LogP contribution in [0.25, 0.3) is 0 Å². The number of carbonyl (C=O) groups is 2. The van der Waals surface area contributed by atoms with E-state index in [0.29, 0.717) is 34.4 Å². The Balaban J connectivity index is 1.43. The van der Waals surface area contributed by atoms with Crippen molar-refractivity contribution >= 4 is 35.0 Å². The van der Waals surface area contributed by atoms with E-state index in [9.17, 15) is 9.59 Å². The van der Waals surface area contributed by atoms with Gasteiger partial charge in [-0.3, -0.25) is 14.3 Å². The molecular formula is C23H28Cl2N4O3. The molecular weight excluding hydrogens is 451 g/mol. The SMILES string of the molecule is CC(Oc1ccc(Cl)cc1Cl)C(=O)N1C[C@@H]2C[C@H]1CN2C(=O)c1cn(C)nc1C(C)(C)C. The van der Waals surface area contributed by atoms with Crippen LogP contribution in [0.1, 0.15) is 50.2 Å². The van der Waals surface area contributed by atoms with E-state index in [1.165, 1.54) is 0 Å². The molecule has 2 bridgehead atoms. The molecule has 3 atom stereocenters. The molecule has 2 saturated heterocycles. The van der Waals surface area contributed by atoms with E-state index in [1.54, 1.807) is 36.0 Å². The van der Waals surface area contributed by atoms with Gasteiger partial charge in [0.1, 0.15) is 5.75 Å². The minimum absolute atomic E-state index is 0.00389. The van der Waals surface area contributed by atoms with Crippen LogP contribution in [0.4, 0.5) is 0 Å². The Morgan fingerprint density at radius 2 is 1.81 bits per heavy atom. The highest BCUT2D eigenvalue weighted by atomic mass is 35.5. The van der Waals surface area contributed by atoms with Gasteiger partial charge in [0.2, 0.25) is 0 Å². The monoisotopic (exact) mass is 478 g/mol. The summed E-state index contributed by atoms with van der Waals surface area (Å²) in [6, 6.07) is 4.90. The molecule has 2 aliphatic rings. The van der Waals surface area contributed by atoms with Crippen molar-refractivity contribution in [1.82, 2.24) is 19.6 Å². The van der Waals surface area contributed by atoms with E-state index >= 15 is 0 Å². The summed E-state index contributed by atoms with van der Waals surface area (Å²) in [4.78, 5) is 30.1. The Bertz CT molecular complexity index is 1060. The second-order valence-corrected chi connectivity index (χ2v) is 10.5. The van der Waals surface area contributed by atoms with E-state index in [4.69, 9.17) is 27.9 Å². The first kappa shape index (κ1) is 22.9. The number of ether oxygens (including phenoxy) is 1. The highest BCUT2D eigenvalue weighted by molar-refractivity contribution is 6.35. The zero-order valence-electron chi connectivity index (χ0n) is 18.9. The molecule has 32 heavy (non-hydrogen) atoms.